The van der Waals surface area contributed by atoms with Crippen molar-refractivity contribution >= 4 is 0 Å². The molecule has 0 saturated carbocycles. The third-order valence-corrected chi connectivity index (χ3v) is 4.36. The first-order chi connectivity index (χ1) is 14.6. The molecule has 170 valence electrons. The van der Waals surface area contributed by atoms with Gasteiger partial charge in [-0.25, -0.2) is 22.0 Å². The highest BCUT2D eigenvalue weighted by Gasteiger charge is 2.42. The molecule has 0 spiro atoms. The summed E-state index contributed by atoms with van der Waals surface area (Å²) >= 11 is 0. The average molecular weight is 454 g/mol. The molecule has 1 fully saturated rings. The van der Waals surface area contributed by atoms with E-state index in [-0.39, 0.29) is 36.8 Å². The molecule has 0 atom stereocenters. The molecule has 0 radical (unpaired) electrons. The minimum Gasteiger partial charge on any atom is -0.429 e. The van der Waals surface area contributed by atoms with Gasteiger partial charge in [-0.3, -0.25) is 0 Å². The Labute approximate surface area is 172 Å². The number of rotatable bonds is 7. The Morgan fingerprint density at radius 1 is 0.903 bits per heavy atom. The zero-order valence-corrected chi connectivity index (χ0v) is 16.1. The summed E-state index contributed by atoms with van der Waals surface area (Å²) in [6, 6.07) is 1.40. The van der Waals surface area contributed by atoms with Crippen LogP contribution >= 0.6 is 0 Å². The SMILES string of the molecule is CCOCC1COC(c2cc(F)c(C(F)(F)Oc3cc(F)c(F)c(F)c3)c(F)c2)OC1. The molecule has 2 aromatic rings. The van der Waals surface area contributed by atoms with E-state index in [1.807, 2.05) is 6.92 Å². The summed E-state index contributed by atoms with van der Waals surface area (Å²) in [5, 5.41) is 0. The number of alkyl halides is 2. The Morgan fingerprint density at radius 2 is 1.45 bits per heavy atom. The molecule has 0 aromatic heterocycles. The maximum absolute atomic E-state index is 14.4. The third-order valence-electron chi connectivity index (χ3n) is 4.36. The molecule has 1 aliphatic heterocycles. The summed E-state index contributed by atoms with van der Waals surface area (Å²) in [4.78, 5) is 0. The van der Waals surface area contributed by atoms with Crippen LogP contribution in [0.1, 0.15) is 24.3 Å². The van der Waals surface area contributed by atoms with Gasteiger partial charge in [0.2, 0.25) is 0 Å². The molecular weight excluding hydrogens is 437 g/mol. The lowest BCUT2D eigenvalue weighted by Gasteiger charge is -2.29. The van der Waals surface area contributed by atoms with E-state index in [4.69, 9.17) is 14.2 Å². The number of halogens is 7. The second kappa shape index (κ2) is 9.41. The van der Waals surface area contributed by atoms with Crippen LogP contribution < -0.4 is 4.74 Å². The molecule has 1 aliphatic rings. The van der Waals surface area contributed by atoms with Crippen LogP contribution in [0.25, 0.3) is 0 Å². The van der Waals surface area contributed by atoms with Crippen LogP contribution in [0.4, 0.5) is 30.7 Å². The van der Waals surface area contributed by atoms with E-state index in [2.05, 4.69) is 4.74 Å². The van der Waals surface area contributed by atoms with E-state index in [0.29, 0.717) is 25.3 Å². The minimum atomic E-state index is -4.67. The Morgan fingerprint density at radius 3 is 1.97 bits per heavy atom. The van der Waals surface area contributed by atoms with Crippen LogP contribution in [-0.2, 0) is 20.3 Å². The lowest BCUT2D eigenvalue weighted by atomic mass is 10.1. The predicted molar refractivity (Wildman–Crippen MR) is 91.8 cm³/mol. The quantitative estimate of drug-likeness (QED) is 0.425. The highest BCUT2D eigenvalue weighted by molar-refractivity contribution is 5.32. The molecule has 31 heavy (non-hydrogen) atoms. The standard InChI is InChI=1S/C20H17F7O4/c1-2-28-7-10-8-29-19(30-9-10)11-3-13(21)17(14(22)4-11)20(26,27)31-12-5-15(23)18(25)16(24)6-12/h3-6,10,19H,2,7-9H2,1H3. The molecule has 1 saturated heterocycles. The third kappa shape index (κ3) is 5.28. The van der Waals surface area contributed by atoms with Gasteiger partial charge in [0.25, 0.3) is 0 Å². The number of hydrogen-bond donors (Lipinski definition) is 0. The lowest BCUT2D eigenvalue weighted by molar-refractivity contribution is -0.212. The van der Waals surface area contributed by atoms with E-state index < -0.39 is 52.8 Å². The van der Waals surface area contributed by atoms with Crippen LogP contribution in [0.5, 0.6) is 5.75 Å². The van der Waals surface area contributed by atoms with Crippen molar-refractivity contribution in [1.29, 1.82) is 0 Å². The summed E-state index contributed by atoms with van der Waals surface area (Å²) in [6.07, 6.45) is -5.86. The zero-order chi connectivity index (χ0) is 22.8. The average Bonchev–Trinajstić information content (AvgIpc) is 2.69. The first-order valence-corrected chi connectivity index (χ1v) is 9.14. The fraction of sp³-hybridized carbons (Fsp3) is 0.400. The number of benzene rings is 2. The Bertz CT molecular complexity index is 884. The highest BCUT2D eigenvalue weighted by Crippen LogP contribution is 2.37. The summed E-state index contributed by atoms with van der Waals surface area (Å²) < 4.78 is 117. The van der Waals surface area contributed by atoms with Gasteiger partial charge in [-0.05, 0) is 19.1 Å². The van der Waals surface area contributed by atoms with Crippen molar-refractivity contribution in [3.63, 3.8) is 0 Å². The van der Waals surface area contributed by atoms with Gasteiger partial charge in [-0.15, -0.1) is 0 Å². The van der Waals surface area contributed by atoms with Crippen LogP contribution in [0.3, 0.4) is 0 Å². The van der Waals surface area contributed by atoms with Crippen molar-refractivity contribution in [2.45, 2.75) is 19.3 Å². The Hall–Kier alpha value is -2.37. The Kier molecular flexibility index (Phi) is 7.07. The van der Waals surface area contributed by atoms with E-state index in [1.54, 1.807) is 0 Å². The van der Waals surface area contributed by atoms with Gasteiger partial charge in [-0.1, -0.05) is 0 Å². The molecule has 0 unspecified atom stereocenters. The highest BCUT2D eigenvalue weighted by atomic mass is 19.3. The van der Waals surface area contributed by atoms with Crippen LogP contribution in [0, 0.1) is 35.0 Å². The maximum atomic E-state index is 14.4. The fourth-order valence-corrected chi connectivity index (χ4v) is 2.91. The normalized spacial score (nSPS) is 19.5. The summed E-state index contributed by atoms with van der Waals surface area (Å²) in [6.45, 7) is 2.99. The molecule has 0 aliphatic carbocycles. The predicted octanol–water partition coefficient (Wildman–Crippen LogP) is 5.21. The van der Waals surface area contributed by atoms with Gasteiger partial charge in [-0.2, -0.15) is 8.78 Å². The first-order valence-electron chi connectivity index (χ1n) is 9.14. The van der Waals surface area contributed by atoms with E-state index in [1.165, 1.54) is 0 Å². The zero-order valence-electron chi connectivity index (χ0n) is 16.1. The molecule has 4 nitrogen and oxygen atoms in total. The summed E-state index contributed by atoms with van der Waals surface area (Å²) in [7, 11) is 0. The monoisotopic (exact) mass is 454 g/mol. The molecule has 2 aromatic carbocycles. The van der Waals surface area contributed by atoms with Crippen molar-refractivity contribution in [3.05, 3.63) is 64.5 Å². The van der Waals surface area contributed by atoms with Gasteiger partial charge in [0.1, 0.15) is 22.9 Å². The van der Waals surface area contributed by atoms with E-state index in [9.17, 15) is 30.7 Å². The molecule has 0 N–H and O–H groups in total. The summed E-state index contributed by atoms with van der Waals surface area (Å²) in [5.41, 5.74) is -1.99. The fourth-order valence-electron chi connectivity index (χ4n) is 2.91. The summed E-state index contributed by atoms with van der Waals surface area (Å²) in [5.74, 6) is -10.2. The van der Waals surface area contributed by atoms with Crippen molar-refractivity contribution < 1.29 is 49.7 Å². The minimum absolute atomic E-state index is 0.0978. The molecule has 0 bridgehead atoms. The number of ether oxygens (including phenoxy) is 4. The molecule has 3 rings (SSSR count). The Balaban J connectivity index is 1.78. The largest absolute Gasteiger partial charge is 0.432 e. The molecule has 0 amide bonds. The van der Waals surface area contributed by atoms with Crippen molar-refractivity contribution in [2.24, 2.45) is 5.92 Å². The molecule has 11 heteroatoms. The maximum Gasteiger partial charge on any atom is 0.432 e. The first kappa shape index (κ1) is 23.3. The second-order valence-electron chi connectivity index (χ2n) is 6.70. The van der Waals surface area contributed by atoms with E-state index >= 15 is 0 Å². The van der Waals surface area contributed by atoms with Gasteiger partial charge in [0.05, 0.1) is 19.8 Å². The van der Waals surface area contributed by atoms with Crippen LogP contribution in [0.2, 0.25) is 0 Å². The van der Waals surface area contributed by atoms with Crippen LogP contribution in [0.15, 0.2) is 24.3 Å². The van der Waals surface area contributed by atoms with Gasteiger partial charge in [0, 0.05) is 30.2 Å². The van der Waals surface area contributed by atoms with Crippen LogP contribution in [-0.4, -0.2) is 26.4 Å². The topological polar surface area (TPSA) is 36.9 Å². The van der Waals surface area contributed by atoms with Gasteiger partial charge < -0.3 is 18.9 Å². The number of hydrogen-bond acceptors (Lipinski definition) is 4. The van der Waals surface area contributed by atoms with Crippen molar-refractivity contribution in [3.8, 4) is 5.75 Å². The van der Waals surface area contributed by atoms with E-state index in [0.717, 1.165) is 0 Å². The van der Waals surface area contributed by atoms with Crippen molar-refractivity contribution in [1.82, 2.24) is 0 Å². The van der Waals surface area contributed by atoms with Gasteiger partial charge in [0.15, 0.2) is 23.7 Å². The van der Waals surface area contributed by atoms with Gasteiger partial charge >= 0.3 is 6.11 Å². The molecule has 1 heterocycles. The smallest absolute Gasteiger partial charge is 0.429 e. The lowest BCUT2D eigenvalue weighted by Crippen LogP contribution is -2.31. The molecular formula is C20H17F7O4. The van der Waals surface area contributed by atoms with Crippen molar-refractivity contribution in [2.75, 3.05) is 26.4 Å². The second-order valence-corrected chi connectivity index (χ2v) is 6.70.